The van der Waals surface area contributed by atoms with Gasteiger partial charge in [0.2, 0.25) is 0 Å². The number of carbonyl (C=O) groups is 1. The van der Waals surface area contributed by atoms with Gasteiger partial charge in [-0.15, -0.1) is 0 Å². The van der Waals surface area contributed by atoms with Crippen LogP contribution in [0.5, 0.6) is 23.0 Å². The van der Waals surface area contributed by atoms with Crippen LogP contribution in [-0.2, 0) is 0 Å². The van der Waals surface area contributed by atoms with Gasteiger partial charge in [0.15, 0.2) is 0 Å². The van der Waals surface area contributed by atoms with Gasteiger partial charge < -0.3 is 24.3 Å². The van der Waals surface area contributed by atoms with Gasteiger partial charge in [0, 0.05) is 17.2 Å². The van der Waals surface area contributed by atoms with Crippen molar-refractivity contribution >= 4 is 5.91 Å². The highest BCUT2D eigenvalue weighted by atomic mass is 16.5. The molecule has 0 radical (unpaired) electrons. The van der Waals surface area contributed by atoms with E-state index in [0.717, 1.165) is 5.56 Å². The molecule has 0 aliphatic rings. The first kappa shape index (κ1) is 18.4. The summed E-state index contributed by atoms with van der Waals surface area (Å²) in [4.78, 5) is 12.6. The summed E-state index contributed by atoms with van der Waals surface area (Å²) in [6, 6.07) is 10.2. The molecule has 0 aliphatic heterocycles. The average molecular weight is 345 g/mol. The second kappa shape index (κ2) is 8.28. The molecule has 0 saturated heterocycles. The summed E-state index contributed by atoms with van der Waals surface area (Å²) in [5.74, 6) is 2.23. The molecule has 2 aromatic carbocycles. The lowest BCUT2D eigenvalue weighted by Crippen LogP contribution is -2.27. The second-order valence-corrected chi connectivity index (χ2v) is 5.40. The lowest BCUT2D eigenvalue weighted by molar-refractivity contribution is 0.0938. The molecule has 0 unspecified atom stereocenters. The smallest absolute Gasteiger partial charge is 0.252 e. The fraction of sp³-hybridized carbons (Fsp3) is 0.316. The zero-order valence-corrected chi connectivity index (χ0v) is 15.1. The highest BCUT2D eigenvalue weighted by molar-refractivity contribution is 5.95. The average Bonchev–Trinajstić information content (AvgIpc) is 2.66. The lowest BCUT2D eigenvalue weighted by atomic mass is 10.1. The van der Waals surface area contributed by atoms with Gasteiger partial charge in [0.05, 0.1) is 34.5 Å². The van der Waals surface area contributed by atoms with Gasteiger partial charge >= 0.3 is 0 Å². The number of benzene rings is 2. The van der Waals surface area contributed by atoms with Crippen molar-refractivity contribution in [1.29, 1.82) is 0 Å². The van der Waals surface area contributed by atoms with Gasteiger partial charge in [-0.1, -0.05) is 0 Å². The van der Waals surface area contributed by atoms with Crippen molar-refractivity contribution in [2.75, 3.05) is 28.4 Å². The van der Waals surface area contributed by atoms with Gasteiger partial charge in [-0.05, 0) is 37.3 Å². The van der Waals surface area contributed by atoms with Gasteiger partial charge in [-0.3, -0.25) is 4.79 Å². The van der Waals surface area contributed by atoms with E-state index in [0.29, 0.717) is 28.6 Å². The zero-order chi connectivity index (χ0) is 18.4. The van der Waals surface area contributed by atoms with Crippen LogP contribution in [-0.4, -0.2) is 34.3 Å². The van der Waals surface area contributed by atoms with Crippen LogP contribution in [0.1, 0.15) is 28.9 Å². The molecule has 0 spiro atoms. The molecule has 25 heavy (non-hydrogen) atoms. The van der Waals surface area contributed by atoms with Crippen LogP contribution in [0.4, 0.5) is 0 Å². The molecule has 0 fully saturated rings. The Morgan fingerprint density at radius 3 is 1.96 bits per heavy atom. The van der Waals surface area contributed by atoms with Crippen LogP contribution in [0, 0.1) is 0 Å². The van der Waals surface area contributed by atoms with E-state index in [-0.39, 0.29) is 11.9 Å². The number of rotatable bonds is 7. The van der Waals surface area contributed by atoms with Crippen molar-refractivity contribution < 1.29 is 23.7 Å². The summed E-state index contributed by atoms with van der Waals surface area (Å²) in [7, 11) is 6.27. The maximum absolute atomic E-state index is 12.6. The SMILES string of the molecule is COc1cc(OC)cc(C(=O)N[C@H](C)c2cc(OC)ccc2OC)c1. The van der Waals surface area contributed by atoms with E-state index in [9.17, 15) is 4.79 Å². The summed E-state index contributed by atoms with van der Waals surface area (Å²) in [5.41, 5.74) is 1.27. The first-order valence-electron chi connectivity index (χ1n) is 7.78. The van der Waals surface area contributed by atoms with Crippen LogP contribution in [0.25, 0.3) is 0 Å². The van der Waals surface area contributed by atoms with E-state index in [4.69, 9.17) is 18.9 Å². The van der Waals surface area contributed by atoms with Crippen LogP contribution in [0.2, 0.25) is 0 Å². The number of methoxy groups -OCH3 is 4. The van der Waals surface area contributed by atoms with Crippen molar-refractivity contribution in [3.8, 4) is 23.0 Å². The minimum absolute atomic E-state index is 0.241. The second-order valence-electron chi connectivity index (χ2n) is 5.40. The van der Waals surface area contributed by atoms with Crippen LogP contribution in [0.15, 0.2) is 36.4 Å². The first-order chi connectivity index (χ1) is 12.0. The standard InChI is InChI=1S/C19H23NO5/c1-12(17-11-14(22-2)6-7-18(17)25-5)20-19(21)13-8-15(23-3)10-16(9-13)24-4/h6-12H,1-5H3,(H,20,21)/t12-/m1/s1. The van der Waals surface area contributed by atoms with Crippen molar-refractivity contribution in [1.82, 2.24) is 5.32 Å². The molecule has 6 heteroatoms. The third-order valence-electron chi connectivity index (χ3n) is 3.86. The summed E-state index contributed by atoms with van der Waals surface area (Å²) in [6.45, 7) is 1.88. The Morgan fingerprint density at radius 2 is 1.44 bits per heavy atom. The number of hydrogen-bond acceptors (Lipinski definition) is 5. The molecule has 0 saturated carbocycles. The molecular weight excluding hydrogens is 322 g/mol. The Hall–Kier alpha value is -2.89. The third kappa shape index (κ3) is 4.35. The molecule has 0 aliphatic carbocycles. The molecule has 6 nitrogen and oxygen atoms in total. The number of amides is 1. The minimum Gasteiger partial charge on any atom is -0.497 e. The Bertz CT molecular complexity index is 722. The molecule has 1 amide bonds. The summed E-state index contributed by atoms with van der Waals surface area (Å²) in [5, 5.41) is 2.96. The molecule has 134 valence electrons. The fourth-order valence-corrected chi connectivity index (χ4v) is 2.47. The van der Waals surface area contributed by atoms with Crippen molar-refractivity contribution in [2.24, 2.45) is 0 Å². The Morgan fingerprint density at radius 1 is 0.840 bits per heavy atom. The first-order valence-corrected chi connectivity index (χ1v) is 7.78. The summed E-state index contributed by atoms with van der Waals surface area (Å²) < 4.78 is 21.0. The zero-order valence-electron chi connectivity index (χ0n) is 15.1. The molecule has 1 atom stereocenters. The molecule has 0 heterocycles. The predicted octanol–water partition coefficient (Wildman–Crippen LogP) is 3.21. The lowest BCUT2D eigenvalue weighted by Gasteiger charge is -2.18. The van der Waals surface area contributed by atoms with E-state index in [1.165, 1.54) is 0 Å². The monoisotopic (exact) mass is 345 g/mol. The maximum atomic E-state index is 12.6. The van der Waals surface area contributed by atoms with E-state index in [1.54, 1.807) is 46.6 Å². The molecule has 2 rings (SSSR count). The van der Waals surface area contributed by atoms with Crippen LogP contribution >= 0.6 is 0 Å². The fourth-order valence-electron chi connectivity index (χ4n) is 2.47. The van der Waals surface area contributed by atoms with Gasteiger partial charge in [-0.25, -0.2) is 0 Å². The largest absolute Gasteiger partial charge is 0.497 e. The number of carbonyl (C=O) groups excluding carboxylic acids is 1. The van der Waals surface area contributed by atoms with E-state index in [2.05, 4.69) is 5.32 Å². The number of nitrogens with one attached hydrogen (secondary N) is 1. The van der Waals surface area contributed by atoms with Crippen molar-refractivity contribution in [3.63, 3.8) is 0 Å². The highest BCUT2D eigenvalue weighted by Crippen LogP contribution is 2.30. The molecular formula is C19H23NO5. The minimum atomic E-state index is -0.283. The number of ether oxygens (including phenoxy) is 4. The Labute approximate surface area is 147 Å². The Kier molecular flexibility index (Phi) is 6.11. The van der Waals surface area contributed by atoms with Crippen molar-refractivity contribution in [2.45, 2.75) is 13.0 Å². The summed E-state index contributed by atoms with van der Waals surface area (Å²) >= 11 is 0. The molecule has 1 N–H and O–H groups in total. The van der Waals surface area contributed by atoms with E-state index >= 15 is 0 Å². The third-order valence-corrected chi connectivity index (χ3v) is 3.86. The quantitative estimate of drug-likeness (QED) is 0.835. The predicted molar refractivity (Wildman–Crippen MR) is 95.0 cm³/mol. The Balaban J connectivity index is 2.26. The van der Waals surface area contributed by atoms with Gasteiger partial charge in [-0.2, -0.15) is 0 Å². The maximum Gasteiger partial charge on any atom is 0.252 e. The van der Waals surface area contributed by atoms with E-state index in [1.807, 2.05) is 25.1 Å². The van der Waals surface area contributed by atoms with Crippen LogP contribution < -0.4 is 24.3 Å². The molecule has 0 bridgehead atoms. The van der Waals surface area contributed by atoms with Crippen LogP contribution in [0.3, 0.4) is 0 Å². The van der Waals surface area contributed by atoms with E-state index < -0.39 is 0 Å². The topological polar surface area (TPSA) is 66.0 Å². The summed E-state index contributed by atoms with van der Waals surface area (Å²) in [6.07, 6.45) is 0. The van der Waals surface area contributed by atoms with Gasteiger partial charge in [0.25, 0.3) is 5.91 Å². The highest BCUT2D eigenvalue weighted by Gasteiger charge is 2.17. The number of hydrogen-bond donors (Lipinski definition) is 1. The normalized spacial score (nSPS) is 11.4. The molecule has 0 aromatic heterocycles. The molecule has 2 aromatic rings. The van der Waals surface area contributed by atoms with Crippen molar-refractivity contribution in [3.05, 3.63) is 47.5 Å². The van der Waals surface area contributed by atoms with Gasteiger partial charge in [0.1, 0.15) is 23.0 Å².